The van der Waals surface area contributed by atoms with Crippen LogP contribution < -0.4 is 10.3 Å². The molecule has 142 valence electrons. The average Bonchev–Trinajstić information content (AvgIpc) is 2.71. The summed E-state index contributed by atoms with van der Waals surface area (Å²) in [7, 11) is 1.64. The number of thioether (sulfide) groups is 1. The van der Waals surface area contributed by atoms with E-state index >= 15 is 0 Å². The molecule has 1 heterocycles. The highest BCUT2D eigenvalue weighted by molar-refractivity contribution is 7.99. The van der Waals surface area contributed by atoms with E-state index in [2.05, 4.69) is 0 Å². The number of methoxy groups -OCH3 is 1. The van der Waals surface area contributed by atoms with Gasteiger partial charge in [0, 0.05) is 12.4 Å². The molecule has 0 amide bonds. The highest BCUT2D eigenvalue weighted by Crippen LogP contribution is 2.21. The average molecular weight is 385 g/mol. The lowest BCUT2D eigenvalue weighted by atomic mass is 10.2. The van der Waals surface area contributed by atoms with Crippen LogP contribution in [0.2, 0.25) is 0 Å². The Kier molecular flexibility index (Phi) is 6.90. The number of aliphatic hydroxyl groups is 1. The predicted molar refractivity (Wildman–Crippen MR) is 110 cm³/mol. The molecule has 6 heteroatoms. The van der Waals surface area contributed by atoms with Crippen molar-refractivity contribution in [3.63, 3.8) is 0 Å². The lowest BCUT2D eigenvalue weighted by Crippen LogP contribution is -2.24. The quantitative estimate of drug-likeness (QED) is 0.346. The van der Waals surface area contributed by atoms with E-state index in [1.54, 1.807) is 23.4 Å². The van der Waals surface area contributed by atoms with Gasteiger partial charge in [-0.15, -0.1) is 0 Å². The smallest absolute Gasteiger partial charge is 0.262 e. The number of para-hydroxylation sites is 1. The number of hydrogen-bond donors (Lipinski definition) is 1. The van der Waals surface area contributed by atoms with Crippen LogP contribution in [-0.4, -0.2) is 34.1 Å². The first kappa shape index (κ1) is 19.5. The summed E-state index contributed by atoms with van der Waals surface area (Å²) >= 11 is 1.60. The van der Waals surface area contributed by atoms with Gasteiger partial charge < -0.3 is 9.84 Å². The Balaban J connectivity index is 1.90. The molecule has 3 aromatic rings. The second-order valence-electron chi connectivity index (χ2n) is 6.28. The topological polar surface area (TPSA) is 64.3 Å². The van der Waals surface area contributed by atoms with Gasteiger partial charge in [0.25, 0.3) is 5.56 Å². The third kappa shape index (κ3) is 4.90. The molecule has 0 aliphatic heterocycles. The molecule has 5 nitrogen and oxygen atoms in total. The van der Waals surface area contributed by atoms with E-state index in [-0.39, 0.29) is 12.2 Å². The van der Waals surface area contributed by atoms with Gasteiger partial charge in [0.1, 0.15) is 5.75 Å². The van der Waals surface area contributed by atoms with Crippen LogP contribution in [0.25, 0.3) is 10.9 Å². The Bertz CT molecular complexity index is 938. The van der Waals surface area contributed by atoms with Crippen molar-refractivity contribution in [1.29, 1.82) is 0 Å². The van der Waals surface area contributed by atoms with E-state index in [1.165, 1.54) is 0 Å². The monoisotopic (exact) mass is 384 g/mol. The van der Waals surface area contributed by atoms with Crippen molar-refractivity contribution in [3.05, 3.63) is 64.4 Å². The van der Waals surface area contributed by atoms with Crippen LogP contribution in [0, 0.1) is 0 Å². The molecule has 1 aromatic heterocycles. The molecule has 0 atom stereocenters. The molecule has 27 heavy (non-hydrogen) atoms. The normalized spacial score (nSPS) is 11.0. The number of fused-ring (bicyclic) bond motifs is 1. The maximum atomic E-state index is 13.1. The van der Waals surface area contributed by atoms with Gasteiger partial charge in [0.15, 0.2) is 5.16 Å². The molecule has 0 saturated carbocycles. The number of aromatic nitrogens is 2. The van der Waals surface area contributed by atoms with Gasteiger partial charge in [0.05, 0.1) is 24.6 Å². The predicted octanol–water partition coefficient (Wildman–Crippen LogP) is 3.71. The lowest BCUT2D eigenvalue weighted by Gasteiger charge is -2.13. The SMILES string of the molecule is COc1ccc(Cn2c(SCCCCCO)nc3ccccc3c2=O)cc1. The Labute approximate surface area is 163 Å². The molecule has 3 rings (SSSR count). The number of benzene rings is 2. The summed E-state index contributed by atoms with van der Waals surface area (Å²) in [4.78, 5) is 17.8. The molecule has 0 aliphatic rings. The standard InChI is InChI=1S/C21H24N2O3S/c1-26-17-11-9-16(10-12-17)15-23-20(25)18-7-3-4-8-19(18)22-21(23)27-14-6-2-5-13-24/h3-4,7-12,24H,2,5-6,13-15H2,1H3. The second kappa shape index (κ2) is 9.58. The zero-order valence-electron chi connectivity index (χ0n) is 15.4. The maximum Gasteiger partial charge on any atom is 0.262 e. The van der Waals surface area contributed by atoms with E-state index in [0.717, 1.165) is 47.0 Å². The van der Waals surface area contributed by atoms with Gasteiger partial charge in [-0.2, -0.15) is 0 Å². The van der Waals surface area contributed by atoms with Gasteiger partial charge in [-0.25, -0.2) is 4.98 Å². The van der Waals surface area contributed by atoms with Crippen LogP contribution in [0.4, 0.5) is 0 Å². The Morgan fingerprint density at radius 3 is 2.59 bits per heavy atom. The molecule has 0 radical (unpaired) electrons. The summed E-state index contributed by atoms with van der Waals surface area (Å²) in [6, 6.07) is 15.2. The molecule has 0 aliphatic carbocycles. The van der Waals surface area contributed by atoms with E-state index < -0.39 is 0 Å². The van der Waals surface area contributed by atoms with E-state index in [4.69, 9.17) is 14.8 Å². The molecule has 0 spiro atoms. The van der Waals surface area contributed by atoms with Crippen LogP contribution >= 0.6 is 11.8 Å². The molecule has 1 N–H and O–H groups in total. The largest absolute Gasteiger partial charge is 0.497 e. The summed E-state index contributed by atoms with van der Waals surface area (Å²) in [5, 5.41) is 10.3. The Morgan fingerprint density at radius 2 is 1.85 bits per heavy atom. The first-order chi connectivity index (χ1) is 13.2. The summed E-state index contributed by atoms with van der Waals surface area (Å²) in [5.74, 6) is 1.66. The minimum absolute atomic E-state index is 0.0192. The maximum absolute atomic E-state index is 13.1. The Hall–Kier alpha value is -2.31. The highest BCUT2D eigenvalue weighted by Gasteiger charge is 2.12. The van der Waals surface area contributed by atoms with Gasteiger partial charge in [0.2, 0.25) is 0 Å². The van der Waals surface area contributed by atoms with Crippen LogP contribution in [-0.2, 0) is 6.54 Å². The van der Waals surface area contributed by atoms with Gasteiger partial charge >= 0.3 is 0 Å². The van der Waals surface area contributed by atoms with E-state index in [0.29, 0.717) is 11.9 Å². The van der Waals surface area contributed by atoms with Gasteiger partial charge in [-0.05, 0) is 42.7 Å². The minimum Gasteiger partial charge on any atom is -0.497 e. The van der Waals surface area contributed by atoms with Crippen molar-refractivity contribution in [2.24, 2.45) is 0 Å². The fourth-order valence-corrected chi connectivity index (χ4v) is 3.86. The number of nitrogens with zero attached hydrogens (tertiary/aromatic N) is 2. The van der Waals surface area contributed by atoms with Gasteiger partial charge in [-0.1, -0.05) is 42.4 Å². The summed E-state index contributed by atoms with van der Waals surface area (Å²) in [6.07, 6.45) is 2.76. The third-order valence-corrected chi connectivity index (χ3v) is 5.42. The zero-order chi connectivity index (χ0) is 19.1. The third-order valence-electron chi connectivity index (χ3n) is 4.36. The van der Waals surface area contributed by atoms with E-state index in [1.807, 2.05) is 48.5 Å². The summed E-state index contributed by atoms with van der Waals surface area (Å²) < 4.78 is 6.96. The van der Waals surface area contributed by atoms with E-state index in [9.17, 15) is 4.79 Å². The summed E-state index contributed by atoms with van der Waals surface area (Å²) in [6.45, 7) is 0.695. The molecule has 2 aromatic carbocycles. The van der Waals surface area contributed by atoms with Crippen molar-refractivity contribution in [1.82, 2.24) is 9.55 Å². The molecule has 0 fully saturated rings. The zero-order valence-corrected chi connectivity index (χ0v) is 16.2. The fourth-order valence-electron chi connectivity index (χ4n) is 2.86. The van der Waals surface area contributed by atoms with Crippen LogP contribution in [0.1, 0.15) is 24.8 Å². The number of aliphatic hydroxyl groups excluding tert-OH is 1. The van der Waals surface area contributed by atoms with Crippen LogP contribution in [0.5, 0.6) is 5.75 Å². The van der Waals surface area contributed by atoms with Crippen molar-refractivity contribution in [2.45, 2.75) is 31.0 Å². The lowest BCUT2D eigenvalue weighted by molar-refractivity contribution is 0.284. The first-order valence-corrected chi connectivity index (χ1v) is 10.1. The molecule has 0 saturated heterocycles. The number of ether oxygens (including phenoxy) is 1. The number of hydrogen-bond acceptors (Lipinski definition) is 5. The number of unbranched alkanes of at least 4 members (excludes halogenated alkanes) is 2. The molecule has 0 unspecified atom stereocenters. The summed E-state index contributed by atoms with van der Waals surface area (Å²) in [5.41, 5.74) is 1.73. The second-order valence-corrected chi connectivity index (χ2v) is 7.35. The Morgan fingerprint density at radius 1 is 1.07 bits per heavy atom. The van der Waals surface area contributed by atoms with Crippen LogP contribution in [0.3, 0.4) is 0 Å². The van der Waals surface area contributed by atoms with Crippen LogP contribution in [0.15, 0.2) is 58.5 Å². The first-order valence-electron chi connectivity index (χ1n) is 9.09. The minimum atomic E-state index is -0.0192. The number of rotatable bonds is 9. The molecular weight excluding hydrogens is 360 g/mol. The molecular formula is C21H24N2O3S. The molecule has 0 bridgehead atoms. The van der Waals surface area contributed by atoms with Crippen molar-refractivity contribution in [2.75, 3.05) is 19.5 Å². The highest BCUT2D eigenvalue weighted by atomic mass is 32.2. The van der Waals surface area contributed by atoms with Crippen molar-refractivity contribution >= 4 is 22.7 Å². The van der Waals surface area contributed by atoms with Crippen molar-refractivity contribution < 1.29 is 9.84 Å². The van der Waals surface area contributed by atoms with Crippen molar-refractivity contribution in [3.8, 4) is 5.75 Å². The fraction of sp³-hybridized carbons (Fsp3) is 0.333. The van der Waals surface area contributed by atoms with Gasteiger partial charge in [-0.3, -0.25) is 9.36 Å².